The zero-order chi connectivity index (χ0) is 18.4. The standard InChI is InChI=1S/C22H20N2O2/c1-2-20-19(18-10-6-7-11-21(18)26-20)14-17(15-23)22(25)24-13-12-16-8-4-3-5-9-16/h3-11,14H,2,12-13H2,1H3,(H,24,25)/b17-14+. The van der Waals surface area contributed by atoms with Gasteiger partial charge >= 0.3 is 0 Å². The van der Waals surface area contributed by atoms with Crippen LogP contribution < -0.4 is 5.32 Å². The van der Waals surface area contributed by atoms with E-state index in [2.05, 4.69) is 5.32 Å². The van der Waals surface area contributed by atoms with Gasteiger partial charge in [0, 0.05) is 23.9 Å². The maximum atomic E-state index is 12.4. The number of nitrogens with zero attached hydrogens (tertiary/aromatic N) is 1. The number of hydrogen-bond acceptors (Lipinski definition) is 3. The molecule has 0 atom stereocenters. The van der Waals surface area contributed by atoms with Gasteiger partial charge in [-0.3, -0.25) is 4.79 Å². The van der Waals surface area contributed by atoms with Crippen LogP contribution in [0.4, 0.5) is 0 Å². The second-order valence-corrected chi connectivity index (χ2v) is 5.95. The lowest BCUT2D eigenvalue weighted by atomic mass is 10.1. The summed E-state index contributed by atoms with van der Waals surface area (Å²) >= 11 is 0. The van der Waals surface area contributed by atoms with Gasteiger partial charge in [-0.1, -0.05) is 55.5 Å². The molecule has 3 aromatic rings. The van der Waals surface area contributed by atoms with Crippen molar-refractivity contribution in [3.8, 4) is 6.07 Å². The van der Waals surface area contributed by atoms with Crippen LogP contribution in [0.25, 0.3) is 17.0 Å². The SMILES string of the molecule is CCc1oc2ccccc2c1/C=C(\C#N)C(=O)NCCc1ccccc1. The molecule has 2 aromatic carbocycles. The van der Waals surface area contributed by atoms with Crippen molar-refractivity contribution in [2.24, 2.45) is 0 Å². The van der Waals surface area contributed by atoms with E-state index in [1.165, 1.54) is 0 Å². The molecule has 1 N–H and O–H groups in total. The minimum Gasteiger partial charge on any atom is -0.460 e. The molecule has 1 heterocycles. The monoisotopic (exact) mass is 344 g/mol. The van der Waals surface area contributed by atoms with Gasteiger partial charge in [0.2, 0.25) is 0 Å². The summed E-state index contributed by atoms with van der Waals surface area (Å²) in [5, 5.41) is 13.2. The molecular formula is C22H20N2O2. The normalized spacial score (nSPS) is 11.3. The Morgan fingerprint density at radius 3 is 2.62 bits per heavy atom. The van der Waals surface area contributed by atoms with Gasteiger partial charge in [-0.25, -0.2) is 0 Å². The summed E-state index contributed by atoms with van der Waals surface area (Å²) in [6, 6.07) is 19.6. The highest BCUT2D eigenvalue weighted by Crippen LogP contribution is 2.28. The number of benzene rings is 2. The van der Waals surface area contributed by atoms with Crippen LogP contribution in [0.15, 0.2) is 64.6 Å². The molecule has 0 aliphatic heterocycles. The first-order valence-electron chi connectivity index (χ1n) is 8.67. The zero-order valence-corrected chi connectivity index (χ0v) is 14.7. The Hall–Kier alpha value is -3.32. The fourth-order valence-corrected chi connectivity index (χ4v) is 2.89. The van der Waals surface area contributed by atoms with Crippen LogP contribution >= 0.6 is 0 Å². The highest BCUT2D eigenvalue weighted by Gasteiger charge is 2.14. The molecule has 130 valence electrons. The van der Waals surface area contributed by atoms with Gasteiger partial charge in [0.05, 0.1) is 0 Å². The molecule has 0 saturated carbocycles. The van der Waals surface area contributed by atoms with E-state index >= 15 is 0 Å². The van der Waals surface area contributed by atoms with Gasteiger partial charge in [-0.2, -0.15) is 5.26 Å². The van der Waals surface area contributed by atoms with Crippen molar-refractivity contribution in [3.63, 3.8) is 0 Å². The maximum Gasteiger partial charge on any atom is 0.261 e. The minimum absolute atomic E-state index is 0.0827. The van der Waals surface area contributed by atoms with Gasteiger partial charge in [0.1, 0.15) is 23.0 Å². The number of fused-ring (bicyclic) bond motifs is 1. The molecule has 26 heavy (non-hydrogen) atoms. The topological polar surface area (TPSA) is 66.0 Å². The molecule has 0 aliphatic carbocycles. The molecule has 1 amide bonds. The van der Waals surface area contributed by atoms with Crippen LogP contribution in [0.2, 0.25) is 0 Å². The van der Waals surface area contributed by atoms with Crippen molar-refractivity contribution in [3.05, 3.63) is 77.1 Å². The van der Waals surface area contributed by atoms with Crippen LogP contribution in [-0.2, 0) is 17.6 Å². The summed E-state index contributed by atoms with van der Waals surface area (Å²) in [6.07, 6.45) is 3.04. The molecule has 0 spiro atoms. The van der Waals surface area contributed by atoms with Crippen LogP contribution in [0.3, 0.4) is 0 Å². The number of nitrogens with one attached hydrogen (secondary N) is 1. The number of carbonyl (C=O) groups is 1. The van der Waals surface area contributed by atoms with Crippen molar-refractivity contribution in [1.29, 1.82) is 5.26 Å². The van der Waals surface area contributed by atoms with E-state index < -0.39 is 0 Å². The molecule has 0 saturated heterocycles. The van der Waals surface area contributed by atoms with Gasteiger partial charge in [0.15, 0.2) is 0 Å². The number of carbonyl (C=O) groups excluding carboxylic acids is 1. The van der Waals surface area contributed by atoms with Crippen molar-refractivity contribution in [2.45, 2.75) is 19.8 Å². The second-order valence-electron chi connectivity index (χ2n) is 5.95. The Bertz CT molecular complexity index is 978. The number of furan rings is 1. The first-order valence-corrected chi connectivity index (χ1v) is 8.67. The van der Waals surface area contributed by atoms with Gasteiger partial charge < -0.3 is 9.73 Å². The molecule has 0 bridgehead atoms. The number of rotatable bonds is 6. The average Bonchev–Trinajstić information content (AvgIpc) is 3.04. The smallest absolute Gasteiger partial charge is 0.261 e. The Kier molecular flexibility index (Phi) is 5.50. The van der Waals surface area contributed by atoms with E-state index in [4.69, 9.17) is 4.42 Å². The van der Waals surface area contributed by atoms with Crippen molar-refractivity contribution in [2.75, 3.05) is 6.54 Å². The Morgan fingerprint density at radius 2 is 1.88 bits per heavy atom. The summed E-state index contributed by atoms with van der Waals surface area (Å²) in [5.74, 6) is 0.409. The van der Waals surface area contributed by atoms with E-state index in [1.54, 1.807) is 6.08 Å². The molecule has 0 fully saturated rings. The molecule has 0 radical (unpaired) electrons. The quantitative estimate of drug-likeness (QED) is 0.537. The molecule has 0 aliphatic rings. The molecule has 1 aromatic heterocycles. The number of amides is 1. The average molecular weight is 344 g/mol. The van der Waals surface area contributed by atoms with Crippen LogP contribution in [0, 0.1) is 11.3 Å². The lowest BCUT2D eigenvalue weighted by molar-refractivity contribution is -0.117. The van der Waals surface area contributed by atoms with Gasteiger partial charge in [-0.15, -0.1) is 0 Å². The molecule has 3 rings (SSSR count). The lowest BCUT2D eigenvalue weighted by Gasteiger charge is -2.04. The van der Waals surface area contributed by atoms with Crippen LogP contribution in [-0.4, -0.2) is 12.5 Å². The molecule has 4 nitrogen and oxygen atoms in total. The first-order chi connectivity index (χ1) is 12.7. The summed E-state index contributed by atoms with van der Waals surface area (Å²) in [6.45, 7) is 2.47. The number of para-hydroxylation sites is 1. The van der Waals surface area contributed by atoms with Crippen molar-refractivity contribution < 1.29 is 9.21 Å². The van der Waals surface area contributed by atoms with E-state index in [1.807, 2.05) is 67.6 Å². The maximum absolute atomic E-state index is 12.4. The Morgan fingerprint density at radius 1 is 1.15 bits per heavy atom. The first kappa shape index (κ1) is 17.5. The Labute approximate surface area is 152 Å². The zero-order valence-electron chi connectivity index (χ0n) is 14.7. The highest BCUT2D eigenvalue weighted by molar-refractivity contribution is 6.04. The van der Waals surface area contributed by atoms with Crippen molar-refractivity contribution >= 4 is 23.0 Å². The van der Waals surface area contributed by atoms with Gasteiger partial charge in [0.25, 0.3) is 5.91 Å². The highest BCUT2D eigenvalue weighted by atomic mass is 16.3. The summed E-state index contributed by atoms with van der Waals surface area (Å²) in [4.78, 5) is 12.4. The van der Waals surface area contributed by atoms with E-state index in [0.29, 0.717) is 13.0 Å². The Balaban J connectivity index is 1.78. The predicted octanol–water partition coefficient (Wildman–Crippen LogP) is 4.26. The molecular weight excluding hydrogens is 324 g/mol. The fourth-order valence-electron chi connectivity index (χ4n) is 2.89. The van der Waals surface area contributed by atoms with Crippen LogP contribution in [0.5, 0.6) is 0 Å². The third-order valence-electron chi connectivity index (χ3n) is 4.23. The summed E-state index contributed by atoms with van der Waals surface area (Å²) in [7, 11) is 0. The third-order valence-corrected chi connectivity index (χ3v) is 4.23. The van der Waals surface area contributed by atoms with Crippen LogP contribution in [0.1, 0.15) is 23.8 Å². The molecule has 4 heteroatoms. The third kappa shape index (κ3) is 3.84. The molecule has 0 unspecified atom stereocenters. The fraction of sp³-hybridized carbons (Fsp3) is 0.182. The summed E-state index contributed by atoms with van der Waals surface area (Å²) < 4.78 is 5.83. The van der Waals surface area contributed by atoms with E-state index in [0.717, 1.165) is 34.3 Å². The predicted molar refractivity (Wildman–Crippen MR) is 102 cm³/mol. The lowest BCUT2D eigenvalue weighted by Crippen LogP contribution is -2.26. The second kappa shape index (κ2) is 8.17. The van der Waals surface area contributed by atoms with E-state index in [-0.39, 0.29) is 11.5 Å². The largest absolute Gasteiger partial charge is 0.460 e. The number of aryl methyl sites for hydroxylation is 1. The van der Waals surface area contributed by atoms with Gasteiger partial charge in [-0.05, 0) is 24.1 Å². The number of nitriles is 1. The van der Waals surface area contributed by atoms with Crippen molar-refractivity contribution in [1.82, 2.24) is 5.32 Å². The number of hydrogen-bond donors (Lipinski definition) is 1. The van der Waals surface area contributed by atoms with E-state index in [9.17, 15) is 10.1 Å². The summed E-state index contributed by atoms with van der Waals surface area (Å²) in [5.41, 5.74) is 2.79. The minimum atomic E-state index is -0.365.